The summed E-state index contributed by atoms with van der Waals surface area (Å²) < 4.78 is 31.1. The predicted octanol–water partition coefficient (Wildman–Crippen LogP) is 2.75. The van der Waals surface area contributed by atoms with Crippen LogP contribution in [0.15, 0.2) is 30.3 Å². The average Bonchev–Trinajstić information content (AvgIpc) is 2.52. The molecule has 1 amide bonds. The average molecular weight is 313 g/mol. The first-order chi connectivity index (χ1) is 10.5. The molecule has 1 aromatic rings. The minimum atomic E-state index is -2.72. The molecule has 0 aliphatic carbocycles. The number of nitrogens with zero attached hydrogens (tertiary/aromatic N) is 1. The Morgan fingerprint density at radius 1 is 1.27 bits per heavy atom. The molecule has 1 aliphatic heterocycles. The first kappa shape index (κ1) is 16.2. The van der Waals surface area contributed by atoms with Crippen molar-refractivity contribution in [2.45, 2.75) is 31.9 Å². The fourth-order valence-electron chi connectivity index (χ4n) is 2.47. The van der Waals surface area contributed by atoms with Crippen LogP contribution in [-0.2, 0) is 16.1 Å². The molecule has 0 aromatic heterocycles. The summed E-state index contributed by atoms with van der Waals surface area (Å²) >= 11 is 0. The Morgan fingerprint density at radius 2 is 1.95 bits per heavy atom. The highest BCUT2D eigenvalue weighted by Crippen LogP contribution is 2.27. The van der Waals surface area contributed by atoms with Gasteiger partial charge in [0.05, 0.1) is 12.0 Å². The minimum Gasteiger partial charge on any atom is -0.481 e. The Balaban J connectivity index is 2.01. The van der Waals surface area contributed by atoms with Gasteiger partial charge in [-0.1, -0.05) is 30.3 Å². The van der Waals surface area contributed by atoms with Gasteiger partial charge in [-0.05, 0) is 18.4 Å². The summed E-state index contributed by atoms with van der Waals surface area (Å²) in [7, 11) is 0. The van der Waals surface area contributed by atoms with E-state index >= 15 is 0 Å². The number of alkyl halides is 2. The number of hydrogen-bond donors (Lipinski definition) is 1. The topological polar surface area (TPSA) is 66.8 Å². The van der Waals surface area contributed by atoms with Crippen molar-refractivity contribution >= 4 is 12.1 Å². The van der Waals surface area contributed by atoms with Crippen molar-refractivity contribution in [1.82, 2.24) is 4.90 Å². The Labute approximate surface area is 126 Å². The molecule has 22 heavy (non-hydrogen) atoms. The van der Waals surface area contributed by atoms with Crippen LogP contribution in [0.4, 0.5) is 13.6 Å². The number of carboxylic acid groups (broad SMARTS) is 1. The Bertz CT molecular complexity index is 524. The SMILES string of the molecule is O=C(O)[C@H]1CC[C@@H](C(F)F)N(C(=O)OCc2ccccc2)C1. The summed E-state index contributed by atoms with van der Waals surface area (Å²) in [5.41, 5.74) is 0.733. The summed E-state index contributed by atoms with van der Waals surface area (Å²) in [5, 5.41) is 9.00. The highest BCUT2D eigenvalue weighted by Gasteiger charge is 2.39. The number of halogens is 2. The molecule has 1 aromatic carbocycles. The summed E-state index contributed by atoms with van der Waals surface area (Å²) in [6, 6.07) is 7.54. The molecule has 1 fully saturated rings. The van der Waals surface area contributed by atoms with Crippen molar-refractivity contribution in [3.05, 3.63) is 35.9 Å². The van der Waals surface area contributed by atoms with Gasteiger partial charge in [0.25, 0.3) is 6.43 Å². The number of carbonyl (C=O) groups excluding carboxylic acids is 1. The van der Waals surface area contributed by atoms with Gasteiger partial charge in [-0.25, -0.2) is 13.6 Å². The van der Waals surface area contributed by atoms with Crippen LogP contribution in [0.2, 0.25) is 0 Å². The van der Waals surface area contributed by atoms with Crippen LogP contribution in [0.3, 0.4) is 0 Å². The molecule has 1 aliphatic rings. The largest absolute Gasteiger partial charge is 0.481 e. The summed E-state index contributed by atoms with van der Waals surface area (Å²) in [4.78, 5) is 23.9. The molecule has 2 rings (SSSR count). The van der Waals surface area contributed by atoms with Crippen molar-refractivity contribution < 1.29 is 28.2 Å². The zero-order valence-corrected chi connectivity index (χ0v) is 11.8. The highest BCUT2D eigenvalue weighted by atomic mass is 19.3. The van der Waals surface area contributed by atoms with E-state index in [2.05, 4.69) is 0 Å². The molecule has 0 radical (unpaired) electrons. The fourth-order valence-corrected chi connectivity index (χ4v) is 2.47. The fraction of sp³-hybridized carbons (Fsp3) is 0.467. The minimum absolute atomic E-state index is 0.0378. The lowest BCUT2D eigenvalue weighted by Crippen LogP contribution is -2.51. The van der Waals surface area contributed by atoms with Crippen LogP contribution < -0.4 is 0 Å². The van der Waals surface area contributed by atoms with E-state index in [9.17, 15) is 18.4 Å². The Morgan fingerprint density at radius 3 is 2.55 bits per heavy atom. The lowest BCUT2D eigenvalue weighted by atomic mass is 9.93. The second-order valence-electron chi connectivity index (χ2n) is 5.21. The molecule has 2 atom stereocenters. The second kappa shape index (κ2) is 7.20. The zero-order valence-electron chi connectivity index (χ0n) is 11.8. The van der Waals surface area contributed by atoms with Crippen LogP contribution in [0.1, 0.15) is 18.4 Å². The van der Waals surface area contributed by atoms with E-state index in [1.165, 1.54) is 0 Å². The van der Waals surface area contributed by atoms with E-state index in [0.717, 1.165) is 10.5 Å². The number of rotatable bonds is 4. The van der Waals surface area contributed by atoms with Gasteiger partial charge in [-0.15, -0.1) is 0 Å². The number of likely N-dealkylation sites (tertiary alicyclic amines) is 1. The van der Waals surface area contributed by atoms with Gasteiger partial charge in [-0.3, -0.25) is 9.69 Å². The smallest absolute Gasteiger partial charge is 0.410 e. The van der Waals surface area contributed by atoms with Crippen LogP contribution in [0.5, 0.6) is 0 Å². The molecule has 0 unspecified atom stereocenters. The summed E-state index contributed by atoms with van der Waals surface area (Å²) in [6.45, 7) is -0.290. The van der Waals surface area contributed by atoms with E-state index in [1.54, 1.807) is 30.3 Å². The maximum Gasteiger partial charge on any atom is 0.410 e. The van der Waals surface area contributed by atoms with E-state index in [0.29, 0.717) is 0 Å². The molecule has 7 heteroatoms. The number of benzene rings is 1. The number of hydrogen-bond acceptors (Lipinski definition) is 3. The third-order valence-corrected chi connectivity index (χ3v) is 3.71. The van der Waals surface area contributed by atoms with Crippen LogP contribution in [-0.4, -0.2) is 41.1 Å². The van der Waals surface area contributed by atoms with Crippen molar-refractivity contribution in [3.8, 4) is 0 Å². The molecule has 120 valence electrons. The summed E-state index contributed by atoms with van der Waals surface area (Å²) in [5.74, 6) is -1.92. The number of carbonyl (C=O) groups is 2. The molecule has 0 saturated carbocycles. The number of carboxylic acids is 1. The molecule has 0 spiro atoms. The van der Waals surface area contributed by atoms with Gasteiger partial charge in [-0.2, -0.15) is 0 Å². The second-order valence-corrected chi connectivity index (χ2v) is 5.21. The van der Waals surface area contributed by atoms with E-state index in [1.807, 2.05) is 0 Å². The van der Waals surface area contributed by atoms with Gasteiger partial charge >= 0.3 is 12.1 Å². The number of aliphatic carboxylic acids is 1. The molecule has 5 nitrogen and oxygen atoms in total. The quantitative estimate of drug-likeness (QED) is 0.928. The number of ether oxygens (including phenoxy) is 1. The predicted molar refractivity (Wildman–Crippen MR) is 73.5 cm³/mol. The molecular formula is C15H17F2NO4. The first-order valence-electron chi connectivity index (χ1n) is 6.97. The molecule has 1 N–H and O–H groups in total. The Kier molecular flexibility index (Phi) is 5.30. The lowest BCUT2D eigenvalue weighted by molar-refractivity contribution is -0.144. The van der Waals surface area contributed by atoms with Crippen molar-refractivity contribution in [3.63, 3.8) is 0 Å². The van der Waals surface area contributed by atoms with Crippen molar-refractivity contribution in [2.24, 2.45) is 5.92 Å². The van der Waals surface area contributed by atoms with Crippen LogP contribution in [0, 0.1) is 5.92 Å². The normalized spacial score (nSPS) is 21.7. The maximum atomic E-state index is 13.0. The van der Waals surface area contributed by atoms with Gasteiger partial charge in [0.15, 0.2) is 0 Å². The van der Waals surface area contributed by atoms with Gasteiger partial charge in [0.1, 0.15) is 6.61 Å². The van der Waals surface area contributed by atoms with E-state index in [-0.39, 0.29) is 26.0 Å². The monoisotopic (exact) mass is 313 g/mol. The van der Waals surface area contributed by atoms with Crippen molar-refractivity contribution in [1.29, 1.82) is 0 Å². The summed E-state index contributed by atoms with van der Waals surface area (Å²) in [6.07, 6.45) is -3.54. The van der Waals surface area contributed by atoms with Gasteiger partial charge in [0.2, 0.25) is 0 Å². The van der Waals surface area contributed by atoms with Crippen molar-refractivity contribution in [2.75, 3.05) is 6.54 Å². The molecule has 1 heterocycles. The molecular weight excluding hydrogens is 296 g/mol. The van der Waals surface area contributed by atoms with Crippen LogP contribution >= 0.6 is 0 Å². The third-order valence-electron chi connectivity index (χ3n) is 3.71. The van der Waals surface area contributed by atoms with E-state index in [4.69, 9.17) is 9.84 Å². The van der Waals surface area contributed by atoms with Gasteiger partial charge < -0.3 is 9.84 Å². The first-order valence-corrected chi connectivity index (χ1v) is 6.97. The lowest BCUT2D eigenvalue weighted by Gasteiger charge is -2.36. The van der Waals surface area contributed by atoms with Crippen LogP contribution in [0.25, 0.3) is 0 Å². The molecule has 1 saturated heterocycles. The zero-order chi connectivity index (χ0) is 16.1. The maximum absolute atomic E-state index is 13.0. The number of amides is 1. The third kappa shape index (κ3) is 3.93. The standard InChI is InChI=1S/C15H17F2NO4/c16-13(17)12-7-6-11(14(19)20)8-18(12)15(21)22-9-10-4-2-1-3-5-10/h1-5,11-13H,6-9H2,(H,19,20)/t11-,12-/m0/s1. The van der Waals surface area contributed by atoms with E-state index < -0.39 is 30.4 Å². The van der Waals surface area contributed by atoms with Gasteiger partial charge in [0, 0.05) is 6.54 Å². The number of piperidine rings is 1. The Hall–Kier alpha value is -2.18. The highest BCUT2D eigenvalue weighted by molar-refractivity contribution is 5.73. The molecule has 0 bridgehead atoms.